The van der Waals surface area contributed by atoms with E-state index in [1.54, 1.807) is 5.57 Å². The van der Waals surface area contributed by atoms with E-state index in [0.717, 1.165) is 5.92 Å². The van der Waals surface area contributed by atoms with Crippen molar-refractivity contribution >= 4 is 0 Å². The normalized spacial score (nSPS) is 38.1. The Morgan fingerprint density at radius 2 is 2.07 bits per heavy atom. The molecule has 0 aliphatic heterocycles. The third-order valence-corrected chi connectivity index (χ3v) is 3.96. The van der Waals surface area contributed by atoms with Crippen LogP contribution in [-0.4, -0.2) is 0 Å². The van der Waals surface area contributed by atoms with Crippen LogP contribution < -0.4 is 0 Å². The van der Waals surface area contributed by atoms with E-state index < -0.39 is 0 Å². The molecule has 0 aromatic heterocycles. The fourth-order valence-corrected chi connectivity index (χ4v) is 3.23. The quantitative estimate of drug-likeness (QED) is 0.528. The molecule has 2 fully saturated rings. The zero-order valence-corrected chi connectivity index (χ0v) is 9.77. The van der Waals surface area contributed by atoms with Crippen molar-refractivity contribution in [2.75, 3.05) is 0 Å². The van der Waals surface area contributed by atoms with Crippen molar-refractivity contribution in [2.24, 2.45) is 11.3 Å². The lowest BCUT2D eigenvalue weighted by molar-refractivity contribution is 0.414. The first kappa shape index (κ1) is 10.0. The van der Waals surface area contributed by atoms with Crippen LogP contribution in [0.5, 0.6) is 0 Å². The van der Waals surface area contributed by atoms with Crippen LogP contribution in [0.15, 0.2) is 23.3 Å². The minimum absolute atomic E-state index is 0.706. The standard InChI is InChI=1S/C12H16.C2H6/c1-9-6-10-4-2-3-5-12(10)8-11(12)7-9;1-2/h6-7,11H,2-5,8H2,1H3;1-2H3. The highest BCUT2D eigenvalue weighted by atomic mass is 14.6. The summed E-state index contributed by atoms with van der Waals surface area (Å²) in [6.45, 7) is 6.25. The number of allylic oxidation sites excluding steroid dienone is 4. The Labute approximate surface area is 88.1 Å². The number of hydrogen-bond acceptors (Lipinski definition) is 0. The molecule has 0 saturated heterocycles. The van der Waals surface area contributed by atoms with Crippen LogP contribution in [0.2, 0.25) is 0 Å². The smallest absolute Gasteiger partial charge is 0.00157 e. The fourth-order valence-electron chi connectivity index (χ4n) is 3.23. The summed E-state index contributed by atoms with van der Waals surface area (Å²) in [6, 6.07) is 0. The Bertz CT molecular complexity index is 282. The molecule has 0 nitrogen and oxygen atoms in total. The van der Waals surface area contributed by atoms with Gasteiger partial charge in [-0.15, -0.1) is 0 Å². The average molecular weight is 190 g/mol. The van der Waals surface area contributed by atoms with Crippen molar-refractivity contribution in [3.8, 4) is 0 Å². The first-order chi connectivity index (χ1) is 6.81. The lowest BCUT2D eigenvalue weighted by Gasteiger charge is -2.28. The Morgan fingerprint density at radius 3 is 2.86 bits per heavy atom. The van der Waals surface area contributed by atoms with Crippen molar-refractivity contribution in [1.29, 1.82) is 0 Å². The van der Waals surface area contributed by atoms with E-state index in [2.05, 4.69) is 19.1 Å². The molecule has 0 heteroatoms. The van der Waals surface area contributed by atoms with Crippen molar-refractivity contribution in [3.05, 3.63) is 23.3 Å². The van der Waals surface area contributed by atoms with E-state index in [9.17, 15) is 0 Å². The molecule has 2 atom stereocenters. The molecule has 3 aliphatic carbocycles. The van der Waals surface area contributed by atoms with Crippen LogP contribution in [0.25, 0.3) is 0 Å². The highest BCUT2D eigenvalue weighted by molar-refractivity contribution is 5.41. The third-order valence-electron chi connectivity index (χ3n) is 3.96. The predicted molar refractivity (Wildman–Crippen MR) is 62.2 cm³/mol. The molecule has 3 rings (SSSR count). The Balaban J connectivity index is 0.000000354. The van der Waals surface area contributed by atoms with E-state index in [-0.39, 0.29) is 0 Å². The van der Waals surface area contributed by atoms with E-state index in [0.29, 0.717) is 5.41 Å². The fraction of sp³-hybridized carbons (Fsp3) is 0.714. The molecule has 3 aliphatic rings. The average Bonchev–Trinajstić information content (AvgIpc) is 2.90. The van der Waals surface area contributed by atoms with Crippen molar-refractivity contribution in [3.63, 3.8) is 0 Å². The highest BCUT2D eigenvalue weighted by Gasteiger charge is 2.56. The maximum absolute atomic E-state index is 2.49. The first-order valence-corrected chi connectivity index (χ1v) is 6.21. The zero-order valence-electron chi connectivity index (χ0n) is 9.77. The van der Waals surface area contributed by atoms with Crippen LogP contribution >= 0.6 is 0 Å². The van der Waals surface area contributed by atoms with Crippen LogP contribution in [0.1, 0.15) is 52.9 Å². The lowest BCUT2D eigenvalue weighted by atomic mass is 9.77. The maximum atomic E-state index is 2.49. The molecular formula is C14H22. The summed E-state index contributed by atoms with van der Waals surface area (Å²) in [6.07, 6.45) is 12.2. The molecule has 78 valence electrons. The number of hydrogen-bond donors (Lipinski definition) is 0. The molecule has 0 N–H and O–H groups in total. The second-order valence-corrected chi connectivity index (χ2v) is 4.75. The summed E-state index contributed by atoms with van der Waals surface area (Å²) in [7, 11) is 0. The molecule has 0 radical (unpaired) electrons. The van der Waals surface area contributed by atoms with Crippen LogP contribution in [-0.2, 0) is 0 Å². The summed E-state index contributed by atoms with van der Waals surface area (Å²) in [5.41, 5.74) is 4.02. The van der Waals surface area contributed by atoms with E-state index in [1.165, 1.54) is 37.7 Å². The number of rotatable bonds is 0. The summed E-state index contributed by atoms with van der Waals surface area (Å²) >= 11 is 0. The summed E-state index contributed by atoms with van der Waals surface area (Å²) in [4.78, 5) is 0. The molecule has 0 aromatic rings. The van der Waals surface area contributed by atoms with Gasteiger partial charge in [-0.25, -0.2) is 0 Å². The summed E-state index contributed by atoms with van der Waals surface area (Å²) in [5, 5.41) is 0. The van der Waals surface area contributed by atoms with Gasteiger partial charge < -0.3 is 0 Å². The van der Waals surface area contributed by atoms with Gasteiger partial charge in [0.1, 0.15) is 0 Å². The molecule has 0 amide bonds. The topological polar surface area (TPSA) is 0 Å². The molecule has 0 aromatic carbocycles. The minimum Gasteiger partial charge on any atom is -0.0776 e. The van der Waals surface area contributed by atoms with Gasteiger partial charge in [-0.2, -0.15) is 0 Å². The maximum Gasteiger partial charge on any atom is -0.00157 e. The van der Waals surface area contributed by atoms with Crippen molar-refractivity contribution in [2.45, 2.75) is 52.9 Å². The predicted octanol–water partition coefficient (Wildman–Crippen LogP) is 4.48. The summed E-state index contributed by atoms with van der Waals surface area (Å²) < 4.78 is 0. The largest absolute Gasteiger partial charge is 0.0776 e. The van der Waals surface area contributed by atoms with Gasteiger partial charge in [-0.05, 0) is 43.9 Å². The van der Waals surface area contributed by atoms with Gasteiger partial charge in [-0.1, -0.05) is 43.6 Å². The molecule has 2 unspecified atom stereocenters. The van der Waals surface area contributed by atoms with Crippen molar-refractivity contribution in [1.82, 2.24) is 0 Å². The molecule has 1 spiro atoms. The van der Waals surface area contributed by atoms with Gasteiger partial charge in [0.2, 0.25) is 0 Å². The highest BCUT2D eigenvalue weighted by Crippen LogP contribution is 2.66. The Morgan fingerprint density at radius 1 is 1.29 bits per heavy atom. The van der Waals surface area contributed by atoms with Gasteiger partial charge in [-0.3, -0.25) is 0 Å². The van der Waals surface area contributed by atoms with E-state index in [1.807, 2.05) is 13.8 Å². The molecule has 0 bridgehead atoms. The van der Waals surface area contributed by atoms with Crippen LogP contribution in [0.4, 0.5) is 0 Å². The van der Waals surface area contributed by atoms with Gasteiger partial charge in [0.15, 0.2) is 0 Å². The Hall–Kier alpha value is -0.520. The Kier molecular flexibility index (Phi) is 2.55. The van der Waals surface area contributed by atoms with E-state index >= 15 is 0 Å². The van der Waals surface area contributed by atoms with Gasteiger partial charge >= 0.3 is 0 Å². The first-order valence-electron chi connectivity index (χ1n) is 6.21. The van der Waals surface area contributed by atoms with Gasteiger partial charge in [0.25, 0.3) is 0 Å². The van der Waals surface area contributed by atoms with E-state index in [4.69, 9.17) is 0 Å². The minimum atomic E-state index is 0.706. The van der Waals surface area contributed by atoms with Gasteiger partial charge in [0, 0.05) is 0 Å². The molecule has 0 heterocycles. The van der Waals surface area contributed by atoms with Gasteiger partial charge in [0.05, 0.1) is 0 Å². The lowest BCUT2D eigenvalue weighted by Crippen LogP contribution is -2.15. The second kappa shape index (κ2) is 3.56. The SMILES string of the molecule is CC.CC1=CC2CC23CCCCC3=C1. The zero-order chi connectivity index (χ0) is 10.2. The summed E-state index contributed by atoms with van der Waals surface area (Å²) in [5.74, 6) is 0.942. The van der Waals surface area contributed by atoms with Crippen LogP contribution in [0, 0.1) is 11.3 Å². The third kappa shape index (κ3) is 1.36. The molecule has 2 saturated carbocycles. The second-order valence-electron chi connectivity index (χ2n) is 4.75. The van der Waals surface area contributed by atoms with Crippen LogP contribution in [0.3, 0.4) is 0 Å². The van der Waals surface area contributed by atoms with Crippen molar-refractivity contribution < 1.29 is 0 Å². The molecule has 14 heavy (non-hydrogen) atoms. The monoisotopic (exact) mass is 190 g/mol. The molecular weight excluding hydrogens is 168 g/mol.